The molecule has 0 saturated heterocycles. The Bertz CT molecular complexity index is 507. The normalized spacial score (nSPS) is 10.1. The Labute approximate surface area is 116 Å². The minimum Gasteiger partial charge on any atom is -0.343 e. The summed E-state index contributed by atoms with van der Waals surface area (Å²) in [5.41, 5.74) is 0.914. The molecule has 0 atom stereocenters. The van der Waals surface area contributed by atoms with Crippen LogP contribution in [0.4, 0.5) is 0 Å². The van der Waals surface area contributed by atoms with E-state index in [1.165, 1.54) is 0 Å². The SMILES string of the molecule is C=C(C)/C=C\C(=O)CC.C=c1ccc(=C)n1CCC. The third-order valence-corrected chi connectivity index (χ3v) is 2.51. The Morgan fingerprint density at radius 3 is 2.11 bits per heavy atom. The number of hydrogen-bond donors (Lipinski definition) is 0. The van der Waals surface area contributed by atoms with Gasteiger partial charge in [0.1, 0.15) is 0 Å². The van der Waals surface area contributed by atoms with Crippen molar-refractivity contribution in [3.8, 4) is 0 Å². The third-order valence-electron chi connectivity index (χ3n) is 2.51. The van der Waals surface area contributed by atoms with Gasteiger partial charge in [-0.1, -0.05) is 45.2 Å². The molecule has 2 heteroatoms. The predicted octanol–water partition coefficient (Wildman–Crippen LogP) is 2.82. The first kappa shape index (κ1) is 17.2. The van der Waals surface area contributed by atoms with Crippen molar-refractivity contribution in [2.75, 3.05) is 0 Å². The molecule has 0 aromatic carbocycles. The van der Waals surface area contributed by atoms with Gasteiger partial charge in [-0.15, -0.1) is 0 Å². The zero-order valence-electron chi connectivity index (χ0n) is 12.4. The highest BCUT2D eigenvalue weighted by Crippen LogP contribution is 1.90. The Morgan fingerprint density at radius 1 is 1.21 bits per heavy atom. The van der Waals surface area contributed by atoms with Crippen LogP contribution in [0.25, 0.3) is 13.2 Å². The smallest absolute Gasteiger partial charge is 0.155 e. The van der Waals surface area contributed by atoms with E-state index in [0.29, 0.717) is 6.42 Å². The third kappa shape index (κ3) is 7.24. The second kappa shape index (κ2) is 9.15. The van der Waals surface area contributed by atoms with Crippen molar-refractivity contribution in [2.45, 2.75) is 40.2 Å². The average Bonchev–Trinajstić information content (AvgIpc) is 2.69. The van der Waals surface area contributed by atoms with Gasteiger partial charge in [-0.2, -0.15) is 0 Å². The summed E-state index contributed by atoms with van der Waals surface area (Å²) in [7, 11) is 0. The number of carbonyl (C=O) groups is 1. The number of carbonyl (C=O) groups excluding carboxylic acids is 1. The Kier molecular flexibility index (Phi) is 8.27. The fraction of sp³-hybridized carbons (Fsp3) is 0.353. The lowest BCUT2D eigenvalue weighted by Crippen LogP contribution is -2.24. The van der Waals surface area contributed by atoms with Gasteiger partial charge < -0.3 is 4.57 Å². The summed E-state index contributed by atoms with van der Waals surface area (Å²) in [6.07, 6.45) is 5.00. The molecule has 0 amide bonds. The van der Waals surface area contributed by atoms with Crippen LogP contribution >= 0.6 is 0 Å². The van der Waals surface area contributed by atoms with E-state index >= 15 is 0 Å². The van der Waals surface area contributed by atoms with Gasteiger partial charge >= 0.3 is 0 Å². The van der Waals surface area contributed by atoms with Crippen LogP contribution in [0.1, 0.15) is 33.6 Å². The van der Waals surface area contributed by atoms with Crippen molar-refractivity contribution >= 4 is 18.9 Å². The lowest BCUT2D eigenvalue weighted by Gasteiger charge is -1.98. The summed E-state index contributed by atoms with van der Waals surface area (Å²) >= 11 is 0. The van der Waals surface area contributed by atoms with Gasteiger partial charge in [0.05, 0.1) is 0 Å². The molecule has 0 fully saturated rings. The van der Waals surface area contributed by atoms with E-state index in [1.807, 2.05) is 26.0 Å². The molecule has 0 unspecified atom stereocenters. The maximum absolute atomic E-state index is 10.6. The van der Waals surface area contributed by atoms with Crippen molar-refractivity contribution in [3.05, 3.63) is 47.1 Å². The molecule has 0 aliphatic rings. The molecule has 1 rings (SSSR count). The summed E-state index contributed by atoms with van der Waals surface area (Å²) in [5, 5.41) is 2.12. The molecule has 0 radical (unpaired) electrons. The van der Waals surface area contributed by atoms with Gasteiger partial charge in [0.25, 0.3) is 0 Å². The number of hydrogen-bond acceptors (Lipinski definition) is 1. The van der Waals surface area contributed by atoms with Gasteiger partial charge in [-0.05, 0) is 31.6 Å². The van der Waals surface area contributed by atoms with Gasteiger partial charge in [0, 0.05) is 23.7 Å². The summed E-state index contributed by atoms with van der Waals surface area (Å²) in [4.78, 5) is 10.6. The van der Waals surface area contributed by atoms with E-state index in [-0.39, 0.29) is 5.78 Å². The van der Waals surface area contributed by atoms with E-state index in [0.717, 1.165) is 29.2 Å². The lowest BCUT2D eigenvalue weighted by atomic mass is 10.2. The molecule has 0 aliphatic heterocycles. The van der Waals surface area contributed by atoms with Gasteiger partial charge in [0.15, 0.2) is 5.78 Å². The molecular weight excluding hydrogens is 234 g/mol. The zero-order valence-corrected chi connectivity index (χ0v) is 12.4. The molecular formula is C17H25NO. The maximum atomic E-state index is 10.6. The molecule has 104 valence electrons. The number of allylic oxidation sites excluding steroid dienone is 3. The van der Waals surface area contributed by atoms with Crippen LogP contribution < -0.4 is 10.7 Å². The fourth-order valence-electron chi connectivity index (χ4n) is 1.42. The number of aromatic nitrogens is 1. The number of rotatable bonds is 5. The predicted molar refractivity (Wildman–Crippen MR) is 84.3 cm³/mol. The molecule has 0 bridgehead atoms. The molecule has 0 N–H and O–H groups in total. The topological polar surface area (TPSA) is 22.0 Å². The molecule has 2 nitrogen and oxygen atoms in total. The Morgan fingerprint density at radius 2 is 1.74 bits per heavy atom. The largest absolute Gasteiger partial charge is 0.343 e. The van der Waals surface area contributed by atoms with E-state index in [4.69, 9.17) is 0 Å². The minimum absolute atomic E-state index is 0.151. The number of ketones is 1. The quantitative estimate of drug-likeness (QED) is 0.589. The maximum Gasteiger partial charge on any atom is 0.155 e. The standard InChI is InChI=1S/C9H13N.C8H12O/c1-4-7-10-8(2)5-6-9(10)3;1-4-8(9)6-5-7(2)3/h5-6H,2-4,7H2,1H3;5-6H,2,4H2,1,3H3/b;6-5-. The highest BCUT2D eigenvalue weighted by Gasteiger charge is 1.89. The van der Waals surface area contributed by atoms with E-state index in [9.17, 15) is 4.79 Å². The summed E-state index contributed by atoms with van der Waals surface area (Å²) in [6.45, 7) is 18.3. The molecule has 1 aromatic heterocycles. The van der Waals surface area contributed by atoms with Crippen molar-refractivity contribution in [2.24, 2.45) is 0 Å². The van der Waals surface area contributed by atoms with Gasteiger partial charge in [-0.3, -0.25) is 4.79 Å². The van der Waals surface area contributed by atoms with Crippen LogP contribution in [-0.4, -0.2) is 10.4 Å². The molecule has 0 aliphatic carbocycles. The molecule has 1 aromatic rings. The average molecular weight is 259 g/mol. The highest BCUT2D eigenvalue weighted by atomic mass is 16.1. The van der Waals surface area contributed by atoms with Gasteiger partial charge in [0.2, 0.25) is 0 Å². The van der Waals surface area contributed by atoms with E-state index < -0.39 is 0 Å². The van der Waals surface area contributed by atoms with Crippen LogP contribution in [0, 0.1) is 0 Å². The van der Waals surface area contributed by atoms with Crippen molar-refractivity contribution < 1.29 is 4.79 Å². The first-order valence-electron chi connectivity index (χ1n) is 6.62. The first-order chi connectivity index (χ1) is 8.92. The van der Waals surface area contributed by atoms with Crippen LogP contribution in [-0.2, 0) is 11.3 Å². The van der Waals surface area contributed by atoms with Crippen molar-refractivity contribution in [3.63, 3.8) is 0 Å². The molecule has 1 heterocycles. The van der Waals surface area contributed by atoms with Crippen molar-refractivity contribution in [1.82, 2.24) is 4.57 Å². The molecule has 0 saturated carbocycles. The van der Waals surface area contributed by atoms with E-state index in [2.05, 4.69) is 31.2 Å². The number of nitrogens with zero attached hydrogens (tertiary/aromatic N) is 1. The molecule has 19 heavy (non-hydrogen) atoms. The highest BCUT2D eigenvalue weighted by molar-refractivity contribution is 5.89. The Hall–Kier alpha value is -1.83. The summed E-state index contributed by atoms with van der Waals surface area (Å²) in [6, 6.07) is 4.00. The van der Waals surface area contributed by atoms with Crippen LogP contribution in [0.3, 0.4) is 0 Å². The van der Waals surface area contributed by atoms with E-state index in [1.54, 1.807) is 12.2 Å². The van der Waals surface area contributed by atoms with Crippen LogP contribution in [0.5, 0.6) is 0 Å². The second-order valence-corrected chi connectivity index (χ2v) is 4.47. The Balaban J connectivity index is 0.000000344. The zero-order chi connectivity index (χ0) is 14.8. The van der Waals surface area contributed by atoms with Gasteiger partial charge in [-0.25, -0.2) is 0 Å². The van der Waals surface area contributed by atoms with Crippen molar-refractivity contribution in [1.29, 1.82) is 0 Å². The monoisotopic (exact) mass is 259 g/mol. The minimum atomic E-state index is 0.151. The summed E-state index contributed by atoms with van der Waals surface area (Å²) < 4.78 is 2.12. The molecule has 0 spiro atoms. The van der Waals surface area contributed by atoms with Crippen LogP contribution in [0.15, 0.2) is 36.4 Å². The lowest BCUT2D eigenvalue weighted by molar-refractivity contribution is -0.114. The first-order valence-corrected chi connectivity index (χ1v) is 6.62. The van der Waals surface area contributed by atoms with Crippen LogP contribution in [0.2, 0.25) is 0 Å². The summed E-state index contributed by atoms with van der Waals surface area (Å²) in [5.74, 6) is 0.151. The fourth-order valence-corrected chi connectivity index (χ4v) is 1.42. The second-order valence-electron chi connectivity index (χ2n) is 4.47.